The fraction of sp³-hybridized carbons (Fsp3) is 0.600. The first kappa shape index (κ1) is 12.6. The standard InChI is InChI=1S/C15H24N2/c1-13-10-14(2)12-15(11-13)4-3-7-17-8-5-16-6-9-17/h10-12,16H,3-9H2,1-2H3. The van der Waals surface area contributed by atoms with Crippen LogP contribution in [0.25, 0.3) is 0 Å². The lowest BCUT2D eigenvalue weighted by molar-refractivity contribution is 0.238. The molecule has 17 heavy (non-hydrogen) atoms. The van der Waals surface area contributed by atoms with Crippen molar-refractivity contribution >= 4 is 0 Å². The van der Waals surface area contributed by atoms with Gasteiger partial charge in [0, 0.05) is 26.2 Å². The van der Waals surface area contributed by atoms with Gasteiger partial charge in [0.1, 0.15) is 0 Å². The first-order valence-corrected chi connectivity index (χ1v) is 6.74. The van der Waals surface area contributed by atoms with Crippen LogP contribution in [0.5, 0.6) is 0 Å². The molecule has 1 aromatic rings. The quantitative estimate of drug-likeness (QED) is 0.855. The third kappa shape index (κ3) is 4.14. The van der Waals surface area contributed by atoms with Gasteiger partial charge in [0.2, 0.25) is 0 Å². The van der Waals surface area contributed by atoms with Crippen LogP contribution in [0.1, 0.15) is 23.1 Å². The highest BCUT2D eigenvalue weighted by atomic mass is 15.2. The van der Waals surface area contributed by atoms with Crippen LogP contribution >= 0.6 is 0 Å². The maximum atomic E-state index is 3.40. The first-order chi connectivity index (χ1) is 8.24. The van der Waals surface area contributed by atoms with E-state index in [-0.39, 0.29) is 0 Å². The van der Waals surface area contributed by atoms with Gasteiger partial charge in [-0.3, -0.25) is 0 Å². The molecule has 1 aromatic carbocycles. The Bertz CT molecular complexity index is 334. The van der Waals surface area contributed by atoms with Crippen LogP contribution in [0.4, 0.5) is 0 Å². The van der Waals surface area contributed by atoms with Crippen molar-refractivity contribution in [1.29, 1.82) is 0 Å². The molecule has 0 aromatic heterocycles. The molecule has 1 fully saturated rings. The van der Waals surface area contributed by atoms with Crippen molar-refractivity contribution in [2.75, 3.05) is 32.7 Å². The van der Waals surface area contributed by atoms with Crippen LogP contribution < -0.4 is 5.32 Å². The lowest BCUT2D eigenvalue weighted by atomic mass is 10.0. The maximum Gasteiger partial charge on any atom is 0.0107 e. The molecular weight excluding hydrogens is 208 g/mol. The molecule has 1 aliphatic rings. The van der Waals surface area contributed by atoms with Crippen LogP contribution in [-0.2, 0) is 6.42 Å². The summed E-state index contributed by atoms with van der Waals surface area (Å²) in [5.41, 5.74) is 4.28. The first-order valence-electron chi connectivity index (χ1n) is 6.74. The number of nitrogens with zero attached hydrogens (tertiary/aromatic N) is 1. The van der Waals surface area contributed by atoms with Gasteiger partial charge in [-0.2, -0.15) is 0 Å². The maximum absolute atomic E-state index is 3.40. The Labute approximate surface area is 105 Å². The van der Waals surface area contributed by atoms with Gasteiger partial charge in [-0.15, -0.1) is 0 Å². The molecule has 0 unspecified atom stereocenters. The molecule has 1 heterocycles. The average Bonchev–Trinajstić information content (AvgIpc) is 2.29. The van der Waals surface area contributed by atoms with E-state index in [0.717, 1.165) is 13.1 Å². The Morgan fingerprint density at radius 2 is 1.71 bits per heavy atom. The number of hydrogen-bond donors (Lipinski definition) is 1. The largest absolute Gasteiger partial charge is 0.314 e. The van der Waals surface area contributed by atoms with E-state index in [2.05, 4.69) is 42.3 Å². The van der Waals surface area contributed by atoms with Gasteiger partial charge in [0.25, 0.3) is 0 Å². The van der Waals surface area contributed by atoms with Gasteiger partial charge in [0.15, 0.2) is 0 Å². The van der Waals surface area contributed by atoms with Crippen LogP contribution in [0.15, 0.2) is 18.2 Å². The number of hydrogen-bond acceptors (Lipinski definition) is 2. The summed E-state index contributed by atoms with van der Waals surface area (Å²) in [6, 6.07) is 6.90. The van der Waals surface area contributed by atoms with Gasteiger partial charge in [0.05, 0.1) is 0 Å². The van der Waals surface area contributed by atoms with Crippen LogP contribution in [0.2, 0.25) is 0 Å². The summed E-state index contributed by atoms with van der Waals surface area (Å²) < 4.78 is 0. The Morgan fingerprint density at radius 3 is 2.35 bits per heavy atom. The fourth-order valence-electron chi connectivity index (χ4n) is 2.65. The predicted octanol–water partition coefficient (Wildman–Crippen LogP) is 2.14. The van der Waals surface area contributed by atoms with Crippen molar-refractivity contribution < 1.29 is 0 Å². The minimum Gasteiger partial charge on any atom is -0.314 e. The van der Waals surface area contributed by atoms with E-state index in [1.165, 1.54) is 49.2 Å². The van der Waals surface area contributed by atoms with E-state index in [4.69, 9.17) is 0 Å². The summed E-state index contributed by atoms with van der Waals surface area (Å²) in [6.45, 7) is 10.4. The van der Waals surface area contributed by atoms with E-state index >= 15 is 0 Å². The minimum atomic E-state index is 1.16. The molecule has 0 amide bonds. The third-order valence-corrected chi connectivity index (χ3v) is 3.43. The molecular formula is C15H24N2. The highest BCUT2D eigenvalue weighted by molar-refractivity contribution is 5.28. The lowest BCUT2D eigenvalue weighted by Gasteiger charge is -2.27. The van der Waals surface area contributed by atoms with Gasteiger partial charge in [-0.05, 0) is 38.8 Å². The van der Waals surface area contributed by atoms with Crippen LogP contribution in [-0.4, -0.2) is 37.6 Å². The zero-order chi connectivity index (χ0) is 12.1. The molecule has 2 rings (SSSR count). The van der Waals surface area contributed by atoms with E-state index in [1.807, 2.05) is 0 Å². The minimum absolute atomic E-state index is 1.16. The molecule has 94 valence electrons. The number of rotatable bonds is 4. The van der Waals surface area contributed by atoms with Crippen LogP contribution in [0.3, 0.4) is 0 Å². The summed E-state index contributed by atoms with van der Waals surface area (Å²) >= 11 is 0. The molecule has 2 heteroatoms. The monoisotopic (exact) mass is 232 g/mol. The molecule has 0 aliphatic carbocycles. The number of nitrogens with one attached hydrogen (secondary N) is 1. The molecule has 2 nitrogen and oxygen atoms in total. The SMILES string of the molecule is Cc1cc(C)cc(CCCN2CCNCC2)c1. The molecule has 0 radical (unpaired) electrons. The highest BCUT2D eigenvalue weighted by Crippen LogP contribution is 2.11. The summed E-state index contributed by atoms with van der Waals surface area (Å²) in [6.07, 6.45) is 2.50. The Hall–Kier alpha value is -0.860. The fourth-order valence-corrected chi connectivity index (χ4v) is 2.65. The lowest BCUT2D eigenvalue weighted by Crippen LogP contribution is -2.43. The predicted molar refractivity (Wildman–Crippen MR) is 73.5 cm³/mol. The van der Waals surface area contributed by atoms with Gasteiger partial charge in [-0.25, -0.2) is 0 Å². The molecule has 0 spiro atoms. The second-order valence-electron chi connectivity index (χ2n) is 5.19. The van der Waals surface area contributed by atoms with E-state index < -0.39 is 0 Å². The number of benzene rings is 1. The van der Waals surface area contributed by atoms with E-state index in [1.54, 1.807) is 0 Å². The van der Waals surface area contributed by atoms with Crippen molar-refractivity contribution in [2.24, 2.45) is 0 Å². The molecule has 0 saturated carbocycles. The summed E-state index contributed by atoms with van der Waals surface area (Å²) in [5, 5.41) is 3.40. The summed E-state index contributed by atoms with van der Waals surface area (Å²) in [7, 11) is 0. The van der Waals surface area contributed by atoms with Gasteiger partial charge < -0.3 is 10.2 Å². The average molecular weight is 232 g/mol. The Morgan fingerprint density at radius 1 is 1.06 bits per heavy atom. The molecule has 0 atom stereocenters. The van der Waals surface area contributed by atoms with E-state index in [9.17, 15) is 0 Å². The van der Waals surface area contributed by atoms with Crippen molar-refractivity contribution in [3.63, 3.8) is 0 Å². The normalized spacial score (nSPS) is 17.3. The van der Waals surface area contributed by atoms with Crippen molar-refractivity contribution in [3.8, 4) is 0 Å². The number of aryl methyl sites for hydroxylation is 3. The zero-order valence-electron chi connectivity index (χ0n) is 11.1. The molecule has 1 saturated heterocycles. The van der Waals surface area contributed by atoms with Crippen molar-refractivity contribution in [1.82, 2.24) is 10.2 Å². The number of piperazine rings is 1. The smallest absolute Gasteiger partial charge is 0.0107 e. The van der Waals surface area contributed by atoms with Gasteiger partial charge in [-0.1, -0.05) is 29.3 Å². The Balaban J connectivity index is 1.77. The van der Waals surface area contributed by atoms with Crippen molar-refractivity contribution in [3.05, 3.63) is 34.9 Å². The van der Waals surface area contributed by atoms with E-state index in [0.29, 0.717) is 0 Å². The Kier molecular flexibility index (Phi) is 4.57. The van der Waals surface area contributed by atoms with Crippen molar-refractivity contribution in [2.45, 2.75) is 26.7 Å². The summed E-state index contributed by atoms with van der Waals surface area (Å²) in [5.74, 6) is 0. The second kappa shape index (κ2) is 6.18. The zero-order valence-corrected chi connectivity index (χ0v) is 11.1. The molecule has 1 aliphatic heterocycles. The molecule has 1 N–H and O–H groups in total. The highest BCUT2D eigenvalue weighted by Gasteiger charge is 2.08. The third-order valence-electron chi connectivity index (χ3n) is 3.43. The molecule has 0 bridgehead atoms. The van der Waals surface area contributed by atoms with Gasteiger partial charge >= 0.3 is 0 Å². The summed E-state index contributed by atoms with van der Waals surface area (Å²) in [4.78, 5) is 2.57. The van der Waals surface area contributed by atoms with Crippen LogP contribution in [0, 0.1) is 13.8 Å². The topological polar surface area (TPSA) is 15.3 Å². The second-order valence-corrected chi connectivity index (χ2v) is 5.19.